The number of rotatable bonds is 7. The van der Waals surface area contributed by atoms with Crippen molar-refractivity contribution < 1.29 is 0 Å². The number of imidazole rings is 1. The van der Waals surface area contributed by atoms with Crippen LogP contribution in [0.4, 0.5) is 0 Å². The van der Waals surface area contributed by atoms with Crippen LogP contribution in [-0.2, 0) is 6.54 Å². The van der Waals surface area contributed by atoms with Crippen LogP contribution in [-0.4, -0.2) is 35.1 Å². The molecule has 5 rings (SSSR count). The maximum Gasteiger partial charge on any atom is 0.326 e. The Morgan fingerprint density at radius 1 is 1.12 bits per heavy atom. The molecule has 3 heterocycles. The Morgan fingerprint density at radius 2 is 2.00 bits per heavy atom. The quantitative estimate of drug-likeness (QED) is 0.321. The maximum absolute atomic E-state index is 12.3. The van der Waals surface area contributed by atoms with Gasteiger partial charge >= 0.3 is 5.69 Å². The summed E-state index contributed by atoms with van der Waals surface area (Å²) in [6, 6.07) is 12.2. The van der Waals surface area contributed by atoms with Crippen molar-refractivity contribution in [3.05, 3.63) is 59.3 Å². The third-order valence-electron chi connectivity index (χ3n) is 6.42. The van der Waals surface area contributed by atoms with E-state index < -0.39 is 0 Å². The van der Waals surface area contributed by atoms with Crippen LogP contribution in [0.25, 0.3) is 22.4 Å². The second kappa shape index (κ2) is 9.32. The molecule has 4 aromatic rings. The lowest BCUT2D eigenvalue weighted by Gasteiger charge is -2.31. The molecule has 0 amide bonds. The molecule has 0 radical (unpaired) electrons. The van der Waals surface area contributed by atoms with E-state index in [0.717, 1.165) is 46.2 Å². The number of nitrogens with one attached hydrogen (secondary N) is 1. The largest absolute Gasteiger partial charge is 0.326 e. The predicted octanol–water partition coefficient (Wildman–Crippen LogP) is 4.92. The SMILES string of the molecule is C[C@@H]1CCCC[C@@H]1n1c(SCCCn2c(=O)[nH]c3ccccc32)nnc1-c1cccnc1. The summed E-state index contributed by atoms with van der Waals surface area (Å²) in [7, 11) is 0. The van der Waals surface area contributed by atoms with E-state index in [1.54, 1.807) is 18.0 Å². The van der Waals surface area contributed by atoms with Gasteiger partial charge in [0.05, 0.1) is 11.0 Å². The highest BCUT2D eigenvalue weighted by atomic mass is 32.2. The smallest absolute Gasteiger partial charge is 0.306 e. The summed E-state index contributed by atoms with van der Waals surface area (Å²) in [6.45, 7) is 3.02. The molecule has 3 aromatic heterocycles. The van der Waals surface area contributed by atoms with Crippen molar-refractivity contribution in [1.82, 2.24) is 29.3 Å². The van der Waals surface area contributed by atoms with E-state index in [2.05, 4.69) is 37.7 Å². The van der Waals surface area contributed by atoms with Crippen LogP contribution in [0, 0.1) is 5.92 Å². The fourth-order valence-electron chi connectivity index (χ4n) is 4.76. The zero-order valence-electron chi connectivity index (χ0n) is 18.3. The first-order valence-corrected chi connectivity index (χ1v) is 12.4. The number of para-hydroxylation sites is 2. The van der Waals surface area contributed by atoms with Crippen LogP contribution in [0.3, 0.4) is 0 Å². The van der Waals surface area contributed by atoms with Crippen LogP contribution >= 0.6 is 11.8 Å². The molecule has 1 aliphatic carbocycles. The number of thioether (sulfide) groups is 1. The highest BCUT2D eigenvalue weighted by Gasteiger charge is 2.28. The van der Waals surface area contributed by atoms with Crippen molar-refractivity contribution in [3.63, 3.8) is 0 Å². The summed E-state index contributed by atoms with van der Waals surface area (Å²) in [6.07, 6.45) is 9.47. The van der Waals surface area contributed by atoms with Gasteiger partial charge in [0.2, 0.25) is 0 Å². The zero-order chi connectivity index (χ0) is 21.9. The van der Waals surface area contributed by atoms with E-state index in [1.807, 2.05) is 41.1 Å². The van der Waals surface area contributed by atoms with Crippen molar-refractivity contribution in [2.45, 2.75) is 56.8 Å². The highest BCUT2D eigenvalue weighted by Crippen LogP contribution is 2.38. The van der Waals surface area contributed by atoms with Crippen LogP contribution in [0.2, 0.25) is 0 Å². The van der Waals surface area contributed by atoms with Crippen molar-refractivity contribution >= 4 is 22.8 Å². The average molecular weight is 449 g/mol. The number of hydrogen-bond donors (Lipinski definition) is 1. The van der Waals surface area contributed by atoms with Gasteiger partial charge in [0, 0.05) is 36.3 Å². The minimum absolute atomic E-state index is 0.0470. The first-order chi connectivity index (χ1) is 15.7. The Balaban J connectivity index is 1.35. The molecule has 1 N–H and O–H groups in total. The normalized spacial score (nSPS) is 18.9. The van der Waals surface area contributed by atoms with E-state index in [1.165, 1.54) is 19.3 Å². The van der Waals surface area contributed by atoms with Gasteiger partial charge in [0.15, 0.2) is 11.0 Å². The monoisotopic (exact) mass is 448 g/mol. The number of benzene rings is 1. The summed E-state index contributed by atoms with van der Waals surface area (Å²) in [5, 5.41) is 10.1. The lowest BCUT2D eigenvalue weighted by molar-refractivity contribution is 0.247. The van der Waals surface area contributed by atoms with E-state index in [4.69, 9.17) is 0 Å². The minimum Gasteiger partial charge on any atom is -0.306 e. The molecule has 7 nitrogen and oxygen atoms in total. The molecule has 8 heteroatoms. The van der Waals surface area contributed by atoms with Gasteiger partial charge in [0.1, 0.15) is 0 Å². The number of hydrogen-bond acceptors (Lipinski definition) is 5. The zero-order valence-corrected chi connectivity index (χ0v) is 19.1. The third kappa shape index (κ3) is 4.11. The second-order valence-corrected chi connectivity index (χ2v) is 9.61. The molecule has 1 aliphatic rings. The Hall–Kier alpha value is -2.87. The number of pyridine rings is 1. The molecular formula is C24H28N6OS. The summed E-state index contributed by atoms with van der Waals surface area (Å²) in [5.41, 5.74) is 2.81. The van der Waals surface area contributed by atoms with Crippen molar-refractivity contribution in [2.24, 2.45) is 5.92 Å². The number of aromatic amines is 1. The average Bonchev–Trinajstić information content (AvgIpc) is 3.38. The van der Waals surface area contributed by atoms with Gasteiger partial charge < -0.3 is 4.98 Å². The summed E-state index contributed by atoms with van der Waals surface area (Å²) in [5.74, 6) is 2.38. The van der Waals surface area contributed by atoms with Crippen LogP contribution < -0.4 is 5.69 Å². The van der Waals surface area contributed by atoms with Gasteiger partial charge in [-0.15, -0.1) is 10.2 Å². The van der Waals surface area contributed by atoms with E-state index in [-0.39, 0.29) is 5.69 Å². The van der Waals surface area contributed by atoms with Crippen LogP contribution in [0.1, 0.15) is 45.1 Å². The predicted molar refractivity (Wildman–Crippen MR) is 128 cm³/mol. The number of nitrogens with zero attached hydrogens (tertiary/aromatic N) is 5. The molecule has 32 heavy (non-hydrogen) atoms. The molecule has 2 atom stereocenters. The second-order valence-electron chi connectivity index (χ2n) is 8.55. The molecule has 1 saturated carbocycles. The third-order valence-corrected chi connectivity index (χ3v) is 7.45. The van der Waals surface area contributed by atoms with Gasteiger partial charge in [-0.2, -0.15) is 0 Å². The van der Waals surface area contributed by atoms with Crippen LogP contribution in [0.5, 0.6) is 0 Å². The molecule has 1 fully saturated rings. The van der Waals surface area contributed by atoms with Crippen molar-refractivity contribution in [2.75, 3.05) is 5.75 Å². The Kier molecular flexibility index (Phi) is 6.12. The number of aromatic nitrogens is 6. The van der Waals surface area contributed by atoms with Gasteiger partial charge in [-0.25, -0.2) is 4.79 Å². The Labute approximate surface area is 191 Å². The maximum atomic E-state index is 12.3. The number of aryl methyl sites for hydroxylation is 1. The summed E-state index contributed by atoms with van der Waals surface area (Å²) < 4.78 is 4.17. The fourth-order valence-corrected chi connectivity index (χ4v) is 5.68. The Bertz CT molecular complexity index is 1240. The van der Waals surface area contributed by atoms with E-state index in [9.17, 15) is 4.79 Å². The van der Waals surface area contributed by atoms with Crippen molar-refractivity contribution in [1.29, 1.82) is 0 Å². The van der Waals surface area contributed by atoms with Crippen LogP contribution in [0.15, 0.2) is 58.7 Å². The summed E-state index contributed by atoms with van der Waals surface area (Å²) in [4.78, 5) is 19.5. The molecular weight excluding hydrogens is 420 g/mol. The van der Waals surface area contributed by atoms with Crippen molar-refractivity contribution in [3.8, 4) is 11.4 Å². The first-order valence-electron chi connectivity index (χ1n) is 11.4. The van der Waals surface area contributed by atoms with E-state index in [0.29, 0.717) is 18.5 Å². The van der Waals surface area contributed by atoms with Gasteiger partial charge in [0.25, 0.3) is 0 Å². The molecule has 0 unspecified atom stereocenters. The molecule has 1 aromatic carbocycles. The van der Waals surface area contributed by atoms with E-state index >= 15 is 0 Å². The van der Waals surface area contributed by atoms with Gasteiger partial charge in [-0.3, -0.25) is 14.1 Å². The molecule has 0 bridgehead atoms. The Morgan fingerprint density at radius 3 is 2.84 bits per heavy atom. The first kappa shape index (κ1) is 21.0. The minimum atomic E-state index is -0.0470. The molecule has 0 saturated heterocycles. The van der Waals surface area contributed by atoms with Gasteiger partial charge in [-0.1, -0.05) is 43.7 Å². The lowest BCUT2D eigenvalue weighted by atomic mass is 9.85. The molecule has 166 valence electrons. The fraction of sp³-hybridized carbons (Fsp3) is 0.417. The molecule has 0 spiro atoms. The standard InChI is InChI=1S/C24H28N6OS/c1-17-8-2-4-11-20(17)30-22(18-9-6-13-25-16-18)27-28-24(30)32-15-7-14-29-21-12-5-3-10-19(21)26-23(29)31/h3,5-6,9-10,12-13,16-17,20H,2,4,7-8,11,14-15H2,1H3,(H,26,31)/t17-,20+/m1/s1. The number of H-pyrrole nitrogens is 1. The topological polar surface area (TPSA) is 81.4 Å². The van der Waals surface area contributed by atoms with Gasteiger partial charge in [-0.05, 0) is 49.4 Å². The highest BCUT2D eigenvalue weighted by molar-refractivity contribution is 7.99. The number of fused-ring (bicyclic) bond motifs is 1. The summed E-state index contributed by atoms with van der Waals surface area (Å²) >= 11 is 1.73. The lowest BCUT2D eigenvalue weighted by Crippen LogP contribution is -2.22. The molecule has 0 aliphatic heterocycles.